The Morgan fingerprint density at radius 1 is 0.864 bits per heavy atom. The van der Waals surface area contributed by atoms with Gasteiger partial charge in [0.1, 0.15) is 17.9 Å². The molecule has 6 rings (SSSR count). The second-order valence-corrected chi connectivity index (χ2v) is 13.9. The monoisotopic (exact) mass is 609 g/mol. The molecule has 9 nitrogen and oxygen atoms in total. The molecule has 0 radical (unpaired) electrons. The highest BCUT2D eigenvalue weighted by Gasteiger charge is 2.43. The van der Waals surface area contributed by atoms with Crippen LogP contribution in [0.3, 0.4) is 0 Å². The number of hydrogen-bond donors (Lipinski definition) is 1. The van der Waals surface area contributed by atoms with Crippen LogP contribution in [-0.2, 0) is 25.6 Å². The zero-order valence-corrected chi connectivity index (χ0v) is 26.9. The van der Waals surface area contributed by atoms with Gasteiger partial charge in [0.2, 0.25) is 11.8 Å². The topological polar surface area (TPSA) is 97.4 Å². The van der Waals surface area contributed by atoms with Gasteiger partial charge in [-0.3, -0.25) is 24.6 Å². The lowest BCUT2D eigenvalue weighted by Gasteiger charge is -2.41. The number of nitrogens with one attached hydrogen (secondary N) is 1. The van der Waals surface area contributed by atoms with Crippen LogP contribution in [0.2, 0.25) is 0 Å². The van der Waals surface area contributed by atoms with E-state index in [4.69, 9.17) is 14.2 Å². The molecule has 1 saturated heterocycles. The van der Waals surface area contributed by atoms with E-state index in [1.54, 1.807) is 12.0 Å². The first-order valence-electron chi connectivity index (χ1n) is 17.1. The fourth-order valence-electron chi connectivity index (χ4n) is 8.84. The third-order valence-corrected chi connectivity index (χ3v) is 11.3. The molecule has 2 aliphatic heterocycles. The van der Waals surface area contributed by atoms with E-state index in [1.165, 1.54) is 19.3 Å². The highest BCUT2D eigenvalue weighted by atomic mass is 16.5. The quantitative estimate of drug-likeness (QED) is 0.396. The van der Waals surface area contributed by atoms with Crippen molar-refractivity contribution in [3.8, 4) is 5.75 Å². The number of benzene rings is 1. The second kappa shape index (κ2) is 13.9. The van der Waals surface area contributed by atoms with Crippen LogP contribution in [0.5, 0.6) is 5.75 Å². The summed E-state index contributed by atoms with van der Waals surface area (Å²) in [7, 11) is 5.90. The Balaban J connectivity index is 1.27. The Hall–Kier alpha value is -2.49. The van der Waals surface area contributed by atoms with Crippen molar-refractivity contribution in [2.45, 2.75) is 133 Å². The molecule has 3 aliphatic carbocycles. The summed E-state index contributed by atoms with van der Waals surface area (Å²) in [6.07, 6.45) is 14.6. The predicted octanol–water partition coefficient (Wildman–Crippen LogP) is 4.95. The molecule has 242 valence electrons. The maximum Gasteiger partial charge on any atom is 0.255 e. The van der Waals surface area contributed by atoms with Crippen molar-refractivity contribution < 1.29 is 28.6 Å². The molecule has 4 unspecified atom stereocenters. The molecule has 1 aromatic rings. The normalized spacial score (nSPS) is 33.0. The molecule has 5 atom stereocenters. The van der Waals surface area contributed by atoms with Gasteiger partial charge in [0.15, 0.2) is 0 Å². The number of likely N-dealkylation sites (N-methyl/N-ethyl adjacent to an activating group) is 1. The largest absolute Gasteiger partial charge is 0.488 e. The number of fused-ring (bicyclic) bond motifs is 1. The molecule has 2 heterocycles. The molecule has 3 amide bonds. The van der Waals surface area contributed by atoms with Gasteiger partial charge in [-0.1, -0.05) is 19.3 Å². The van der Waals surface area contributed by atoms with Gasteiger partial charge in [-0.2, -0.15) is 0 Å². The van der Waals surface area contributed by atoms with E-state index in [2.05, 4.69) is 17.3 Å². The summed E-state index contributed by atoms with van der Waals surface area (Å²) < 4.78 is 18.8. The fourth-order valence-corrected chi connectivity index (χ4v) is 8.84. The van der Waals surface area contributed by atoms with Gasteiger partial charge in [-0.15, -0.1) is 0 Å². The highest BCUT2D eigenvalue weighted by molar-refractivity contribution is 6.05. The van der Waals surface area contributed by atoms with Crippen molar-refractivity contribution in [2.24, 2.45) is 5.92 Å². The molecule has 9 heteroatoms. The molecule has 1 N–H and O–H groups in total. The number of carbonyl (C=O) groups excluding carboxylic acids is 3. The third-order valence-electron chi connectivity index (χ3n) is 11.3. The van der Waals surface area contributed by atoms with E-state index in [1.807, 2.05) is 19.2 Å². The number of methoxy groups -OCH3 is 2. The summed E-state index contributed by atoms with van der Waals surface area (Å²) in [5, 5.41) is 2.44. The fraction of sp³-hybridized carbons (Fsp3) is 0.743. The number of nitrogens with zero attached hydrogens (tertiary/aromatic N) is 2. The summed E-state index contributed by atoms with van der Waals surface area (Å²) in [5.74, 6) is 0.915. The van der Waals surface area contributed by atoms with E-state index in [9.17, 15) is 14.4 Å². The van der Waals surface area contributed by atoms with Crippen molar-refractivity contribution in [1.82, 2.24) is 15.1 Å². The predicted molar refractivity (Wildman–Crippen MR) is 167 cm³/mol. The number of ether oxygens (including phenoxy) is 3. The molecule has 3 saturated carbocycles. The number of piperidine rings is 1. The first kappa shape index (κ1) is 31.5. The minimum Gasteiger partial charge on any atom is -0.488 e. The van der Waals surface area contributed by atoms with Crippen molar-refractivity contribution >= 4 is 17.7 Å². The van der Waals surface area contributed by atoms with Crippen LogP contribution >= 0.6 is 0 Å². The van der Waals surface area contributed by atoms with Crippen LogP contribution in [0.15, 0.2) is 12.1 Å². The van der Waals surface area contributed by atoms with E-state index in [-0.39, 0.29) is 42.3 Å². The van der Waals surface area contributed by atoms with E-state index in [0.29, 0.717) is 36.6 Å². The maximum absolute atomic E-state index is 13.8. The van der Waals surface area contributed by atoms with Crippen LogP contribution in [0.4, 0.5) is 0 Å². The minimum atomic E-state index is -0.635. The van der Waals surface area contributed by atoms with Gasteiger partial charge in [0.25, 0.3) is 5.91 Å². The number of rotatable bonds is 9. The summed E-state index contributed by atoms with van der Waals surface area (Å²) in [4.78, 5) is 42.6. The molecule has 0 spiro atoms. The van der Waals surface area contributed by atoms with E-state index < -0.39 is 6.04 Å². The van der Waals surface area contributed by atoms with Gasteiger partial charge in [-0.05, 0) is 94.9 Å². The van der Waals surface area contributed by atoms with E-state index in [0.717, 1.165) is 81.2 Å². The van der Waals surface area contributed by atoms with Crippen molar-refractivity contribution in [3.63, 3.8) is 0 Å². The SMILES string of the molecule is COC1CCC(CN(C)C2CCCCC2Oc2ccc3c(c2C2CCCC[C@@H]2OC)CN(C2CCC(=O)NC2=O)C3=O)CC1. The Bertz CT molecular complexity index is 1210. The number of imide groups is 1. The van der Waals surface area contributed by atoms with Gasteiger partial charge in [0.05, 0.1) is 12.2 Å². The van der Waals surface area contributed by atoms with Crippen LogP contribution in [-0.4, -0.2) is 85.7 Å². The zero-order chi connectivity index (χ0) is 30.8. The average Bonchev–Trinajstić information content (AvgIpc) is 3.37. The summed E-state index contributed by atoms with van der Waals surface area (Å²) >= 11 is 0. The van der Waals surface area contributed by atoms with Gasteiger partial charge in [-0.25, -0.2) is 0 Å². The third kappa shape index (κ3) is 6.42. The standard InChI is InChI=1S/C35H51N3O6/c1-37(20-22-12-14-23(42-2)15-13-22)27-9-5-7-11-30(27)44-31-18-16-24-26(33(31)25-8-4-6-10-29(25)43-3)21-38(35(24)41)28-17-19-32(39)36-34(28)40/h16,18,22-23,25,27-30H,4-15,17,19-21H2,1-3H3,(H,36,39,40)/t22?,23?,25?,27?,28?,29-,30?/m0/s1. The van der Waals surface area contributed by atoms with Crippen LogP contribution in [0.25, 0.3) is 0 Å². The molecule has 4 fully saturated rings. The van der Waals surface area contributed by atoms with Crippen molar-refractivity contribution in [1.29, 1.82) is 0 Å². The lowest BCUT2D eigenvalue weighted by molar-refractivity contribution is -0.136. The molecular formula is C35H51N3O6. The van der Waals surface area contributed by atoms with Crippen molar-refractivity contribution in [3.05, 3.63) is 28.8 Å². The summed E-state index contributed by atoms with van der Waals surface area (Å²) in [5.41, 5.74) is 2.73. The molecule has 0 aromatic heterocycles. The van der Waals surface area contributed by atoms with Crippen molar-refractivity contribution in [2.75, 3.05) is 27.8 Å². The second-order valence-electron chi connectivity index (χ2n) is 13.9. The van der Waals surface area contributed by atoms with Crippen LogP contribution < -0.4 is 10.1 Å². The maximum atomic E-state index is 13.8. The highest BCUT2D eigenvalue weighted by Crippen LogP contribution is 2.45. The summed E-state index contributed by atoms with van der Waals surface area (Å²) in [6.45, 7) is 1.44. The first-order chi connectivity index (χ1) is 21.4. The summed E-state index contributed by atoms with van der Waals surface area (Å²) in [6, 6.07) is 3.63. The number of amides is 3. The smallest absolute Gasteiger partial charge is 0.255 e. The molecule has 0 bridgehead atoms. The Morgan fingerprint density at radius 3 is 2.32 bits per heavy atom. The first-order valence-corrected chi connectivity index (χ1v) is 17.1. The molecular weight excluding hydrogens is 558 g/mol. The van der Waals surface area contributed by atoms with Crippen LogP contribution in [0, 0.1) is 5.92 Å². The number of carbonyl (C=O) groups is 3. The molecule has 5 aliphatic rings. The van der Waals surface area contributed by atoms with Gasteiger partial charge >= 0.3 is 0 Å². The molecule has 44 heavy (non-hydrogen) atoms. The minimum absolute atomic E-state index is 0.0596. The Kier molecular flexibility index (Phi) is 9.93. The average molecular weight is 610 g/mol. The zero-order valence-electron chi connectivity index (χ0n) is 26.9. The van der Waals surface area contributed by atoms with E-state index >= 15 is 0 Å². The van der Waals surface area contributed by atoms with Crippen LogP contribution in [0.1, 0.15) is 117 Å². The lowest BCUT2D eigenvalue weighted by atomic mass is 9.78. The Morgan fingerprint density at radius 2 is 1.59 bits per heavy atom. The van der Waals surface area contributed by atoms with Gasteiger partial charge in [0, 0.05) is 56.8 Å². The van der Waals surface area contributed by atoms with Gasteiger partial charge < -0.3 is 19.1 Å². The lowest BCUT2D eigenvalue weighted by Crippen LogP contribution is -2.52. The Labute approximate surface area is 262 Å². The molecule has 1 aromatic carbocycles. The number of hydrogen-bond acceptors (Lipinski definition) is 7.